The van der Waals surface area contributed by atoms with Crippen molar-refractivity contribution in [1.29, 1.82) is 0 Å². The van der Waals surface area contributed by atoms with Crippen LogP contribution in [0.15, 0.2) is 23.1 Å². The van der Waals surface area contributed by atoms with E-state index in [1.165, 1.54) is 24.1 Å². The second-order valence-corrected chi connectivity index (χ2v) is 6.64. The average molecular weight is 299 g/mol. The Morgan fingerprint density at radius 2 is 2.14 bits per heavy atom. The monoisotopic (exact) mass is 299 g/mol. The molecule has 0 unspecified atom stereocenters. The summed E-state index contributed by atoms with van der Waals surface area (Å²) in [5.41, 5.74) is 3.56. The molecular formula is C16H21N5O. The van der Waals surface area contributed by atoms with Crippen LogP contribution in [0.3, 0.4) is 0 Å². The van der Waals surface area contributed by atoms with E-state index in [0.29, 0.717) is 11.8 Å². The van der Waals surface area contributed by atoms with E-state index in [1.54, 1.807) is 16.8 Å². The molecule has 1 aliphatic heterocycles. The lowest BCUT2D eigenvalue weighted by Gasteiger charge is -2.39. The summed E-state index contributed by atoms with van der Waals surface area (Å²) >= 11 is 0. The maximum atomic E-state index is 11.8. The smallest absolute Gasteiger partial charge is 0.266 e. The SMILES string of the molecule is Cc1ccc(=O)n(CC2CN(Cc3cn[nH]c3C3CC3)C2)n1. The Kier molecular flexibility index (Phi) is 3.33. The van der Waals surface area contributed by atoms with Gasteiger partial charge in [0, 0.05) is 48.8 Å². The fraction of sp³-hybridized carbons (Fsp3) is 0.562. The van der Waals surface area contributed by atoms with Crippen molar-refractivity contribution in [3.63, 3.8) is 0 Å². The van der Waals surface area contributed by atoms with Gasteiger partial charge in [0.15, 0.2) is 0 Å². The van der Waals surface area contributed by atoms with Gasteiger partial charge in [0.1, 0.15) is 0 Å². The third-order valence-electron chi connectivity index (χ3n) is 4.59. The summed E-state index contributed by atoms with van der Waals surface area (Å²) in [6.07, 6.45) is 4.55. The molecule has 1 aliphatic carbocycles. The Morgan fingerprint density at radius 3 is 2.91 bits per heavy atom. The summed E-state index contributed by atoms with van der Waals surface area (Å²) in [4.78, 5) is 14.2. The first-order chi connectivity index (χ1) is 10.7. The molecule has 0 amide bonds. The minimum absolute atomic E-state index is 0.00472. The molecule has 0 bridgehead atoms. The van der Waals surface area contributed by atoms with Crippen LogP contribution >= 0.6 is 0 Å². The van der Waals surface area contributed by atoms with Crippen molar-refractivity contribution >= 4 is 0 Å². The number of likely N-dealkylation sites (tertiary alicyclic amines) is 1. The largest absolute Gasteiger partial charge is 0.298 e. The Labute approximate surface area is 129 Å². The van der Waals surface area contributed by atoms with E-state index in [1.807, 2.05) is 13.1 Å². The van der Waals surface area contributed by atoms with Gasteiger partial charge in [-0.2, -0.15) is 10.2 Å². The minimum Gasteiger partial charge on any atom is -0.298 e. The highest BCUT2D eigenvalue weighted by Crippen LogP contribution is 2.40. The van der Waals surface area contributed by atoms with Gasteiger partial charge in [-0.05, 0) is 25.8 Å². The Balaban J connectivity index is 1.33. The van der Waals surface area contributed by atoms with Gasteiger partial charge in [-0.25, -0.2) is 4.68 Å². The number of H-pyrrole nitrogens is 1. The fourth-order valence-corrected chi connectivity index (χ4v) is 3.26. The molecule has 6 heteroatoms. The van der Waals surface area contributed by atoms with Crippen molar-refractivity contribution < 1.29 is 0 Å². The van der Waals surface area contributed by atoms with Gasteiger partial charge >= 0.3 is 0 Å². The molecule has 0 radical (unpaired) electrons. The number of rotatable bonds is 5. The Hall–Kier alpha value is -1.95. The molecule has 4 rings (SSSR count). The molecule has 2 aromatic heterocycles. The first-order valence-corrected chi connectivity index (χ1v) is 7.98. The molecule has 0 spiro atoms. The number of aromatic nitrogens is 4. The van der Waals surface area contributed by atoms with E-state index in [0.717, 1.165) is 31.9 Å². The van der Waals surface area contributed by atoms with Crippen molar-refractivity contribution in [3.8, 4) is 0 Å². The molecule has 116 valence electrons. The second-order valence-electron chi connectivity index (χ2n) is 6.64. The van der Waals surface area contributed by atoms with E-state index in [-0.39, 0.29) is 5.56 Å². The lowest BCUT2D eigenvalue weighted by Crippen LogP contribution is -2.49. The third kappa shape index (κ3) is 2.70. The lowest BCUT2D eigenvalue weighted by molar-refractivity contribution is 0.0763. The molecule has 0 aromatic carbocycles. The molecule has 6 nitrogen and oxygen atoms in total. The van der Waals surface area contributed by atoms with E-state index in [9.17, 15) is 4.79 Å². The quantitative estimate of drug-likeness (QED) is 0.903. The van der Waals surface area contributed by atoms with Gasteiger partial charge in [0.05, 0.1) is 18.4 Å². The number of hydrogen-bond acceptors (Lipinski definition) is 4. The third-order valence-corrected chi connectivity index (χ3v) is 4.59. The molecular weight excluding hydrogens is 278 g/mol. The van der Waals surface area contributed by atoms with Crippen molar-refractivity contribution in [2.75, 3.05) is 13.1 Å². The highest BCUT2D eigenvalue weighted by molar-refractivity contribution is 5.24. The number of nitrogens with zero attached hydrogens (tertiary/aromatic N) is 4. The Morgan fingerprint density at radius 1 is 1.32 bits per heavy atom. The van der Waals surface area contributed by atoms with Crippen LogP contribution < -0.4 is 5.56 Å². The maximum absolute atomic E-state index is 11.8. The van der Waals surface area contributed by atoms with Gasteiger partial charge in [-0.15, -0.1) is 0 Å². The zero-order valence-corrected chi connectivity index (χ0v) is 12.8. The van der Waals surface area contributed by atoms with Gasteiger partial charge in [-0.1, -0.05) is 0 Å². The maximum Gasteiger partial charge on any atom is 0.266 e. The highest BCUT2D eigenvalue weighted by Gasteiger charge is 2.31. The summed E-state index contributed by atoms with van der Waals surface area (Å²) < 4.78 is 1.60. The van der Waals surface area contributed by atoms with Crippen molar-refractivity contribution in [3.05, 3.63) is 45.6 Å². The van der Waals surface area contributed by atoms with Crippen LogP contribution in [0.4, 0.5) is 0 Å². The van der Waals surface area contributed by atoms with Crippen LogP contribution in [0, 0.1) is 12.8 Å². The fourth-order valence-electron chi connectivity index (χ4n) is 3.26. The summed E-state index contributed by atoms with van der Waals surface area (Å²) in [5, 5.41) is 11.7. The number of hydrogen-bond donors (Lipinski definition) is 1. The van der Waals surface area contributed by atoms with E-state index in [4.69, 9.17) is 0 Å². The number of nitrogens with one attached hydrogen (secondary N) is 1. The van der Waals surface area contributed by atoms with E-state index in [2.05, 4.69) is 20.2 Å². The van der Waals surface area contributed by atoms with Crippen LogP contribution in [0.25, 0.3) is 0 Å². The normalized spacial score (nSPS) is 19.3. The molecule has 3 heterocycles. The van der Waals surface area contributed by atoms with Gasteiger partial charge in [0.25, 0.3) is 5.56 Å². The predicted molar refractivity (Wildman–Crippen MR) is 82.6 cm³/mol. The molecule has 1 saturated carbocycles. The molecule has 2 aromatic rings. The topological polar surface area (TPSA) is 66.8 Å². The van der Waals surface area contributed by atoms with Crippen molar-refractivity contribution in [2.24, 2.45) is 5.92 Å². The summed E-state index contributed by atoms with van der Waals surface area (Å²) in [6.45, 7) is 5.66. The predicted octanol–water partition coefficient (Wildman–Crippen LogP) is 1.28. The minimum atomic E-state index is -0.00472. The lowest BCUT2D eigenvalue weighted by atomic mass is 9.99. The average Bonchev–Trinajstić information content (AvgIpc) is 3.20. The molecule has 2 fully saturated rings. The molecule has 1 saturated heterocycles. The molecule has 22 heavy (non-hydrogen) atoms. The van der Waals surface area contributed by atoms with E-state index >= 15 is 0 Å². The highest BCUT2D eigenvalue weighted by atomic mass is 16.1. The van der Waals surface area contributed by atoms with Gasteiger partial charge < -0.3 is 0 Å². The number of aryl methyl sites for hydroxylation is 1. The molecule has 2 aliphatic rings. The van der Waals surface area contributed by atoms with Gasteiger partial charge in [-0.3, -0.25) is 14.8 Å². The summed E-state index contributed by atoms with van der Waals surface area (Å²) in [5.74, 6) is 1.23. The molecule has 0 atom stereocenters. The zero-order valence-electron chi connectivity index (χ0n) is 12.8. The van der Waals surface area contributed by atoms with Crippen molar-refractivity contribution in [1.82, 2.24) is 24.9 Å². The van der Waals surface area contributed by atoms with E-state index < -0.39 is 0 Å². The van der Waals surface area contributed by atoms with Crippen LogP contribution in [-0.4, -0.2) is 38.0 Å². The van der Waals surface area contributed by atoms with Crippen LogP contribution in [-0.2, 0) is 13.1 Å². The second kappa shape index (κ2) is 5.35. The zero-order chi connectivity index (χ0) is 15.1. The standard InChI is InChI=1S/C16H21N5O/c1-11-2-5-15(22)21(19-11)9-12-7-20(8-12)10-14-6-17-18-16(14)13-3-4-13/h2,5-6,12-13H,3-4,7-10H2,1H3,(H,17,18). The summed E-state index contributed by atoms with van der Waals surface area (Å²) in [7, 11) is 0. The first-order valence-electron chi connectivity index (χ1n) is 7.98. The first kappa shape index (κ1) is 13.7. The Bertz CT molecular complexity index is 724. The van der Waals surface area contributed by atoms with Crippen molar-refractivity contribution in [2.45, 2.75) is 38.8 Å². The van der Waals surface area contributed by atoms with Gasteiger partial charge in [0.2, 0.25) is 0 Å². The van der Waals surface area contributed by atoms with Crippen LogP contribution in [0.5, 0.6) is 0 Å². The van der Waals surface area contributed by atoms with Crippen LogP contribution in [0.2, 0.25) is 0 Å². The number of aromatic amines is 1. The molecule has 1 N–H and O–H groups in total. The summed E-state index contributed by atoms with van der Waals surface area (Å²) in [6, 6.07) is 3.37. The van der Waals surface area contributed by atoms with Crippen LogP contribution in [0.1, 0.15) is 35.7 Å².